The van der Waals surface area contributed by atoms with E-state index in [1.165, 1.54) is 28.9 Å². The highest BCUT2D eigenvalue weighted by Gasteiger charge is 2.36. The van der Waals surface area contributed by atoms with Crippen LogP contribution in [-0.4, -0.2) is 28.1 Å². The molecule has 3 aromatic rings. The molecule has 0 N–H and O–H groups in total. The Balaban J connectivity index is 1.74. The summed E-state index contributed by atoms with van der Waals surface area (Å²) in [6.07, 6.45) is 2.54. The quantitative estimate of drug-likeness (QED) is 0.579. The molecule has 1 atom stereocenters. The summed E-state index contributed by atoms with van der Waals surface area (Å²) in [5.41, 5.74) is 3.18. The van der Waals surface area contributed by atoms with Crippen molar-refractivity contribution in [3.8, 4) is 5.88 Å². The molecule has 1 aliphatic rings. The van der Waals surface area contributed by atoms with Gasteiger partial charge in [-0.05, 0) is 60.5 Å². The van der Waals surface area contributed by atoms with E-state index in [1.807, 2.05) is 30.3 Å². The van der Waals surface area contributed by atoms with Gasteiger partial charge in [-0.1, -0.05) is 30.8 Å². The third-order valence-corrected chi connectivity index (χ3v) is 6.03. The standard InChI is InChI=1S/C23H20FN3O2S/c1-3-15-6-8-17(9-7-15)22(28)27-23(19-5-4-14-25-20(19)29-2)30-21(26-27)16-10-12-18(24)13-11-16/h4-14,23H,3H2,1-2H3. The lowest BCUT2D eigenvalue weighted by Crippen LogP contribution is -2.26. The predicted molar refractivity (Wildman–Crippen MR) is 116 cm³/mol. The van der Waals surface area contributed by atoms with Gasteiger partial charge in [-0.2, -0.15) is 5.10 Å². The van der Waals surface area contributed by atoms with Crippen molar-refractivity contribution in [1.29, 1.82) is 0 Å². The van der Waals surface area contributed by atoms with E-state index in [-0.39, 0.29) is 11.7 Å². The van der Waals surface area contributed by atoms with Gasteiger partial charge in [0.2, 0.25) is 5.88 Å². The summed E-state index contributed by atoms with van der Waals surface area (Å²) in [6, 6.07) is 17.3. The fourth-order valence-electron chi connectivity index (χ4n) is 3.17. The maximum atomic E-state index is 13.4. The molecule has 4 rings (SSSR count). The van der Waals surface area contributed by atoms with Gasteiger partial charge in [0.25, 0.3) is 5.91 Å². The molecule has 1 aromatic heterocycles. The van der Waals surface area contributed by atoms with Gasteiger partial charge < -0.3 is 4.74 Å². The van der Waals surface area contributed by atoms with Crippen molar-refractivity contribution in [2.75, 3.05) is 7.11 Å². The average Bonchev–Trinajstić information content (AvgIpc) is 3.24. The lowest BCUT2D eigenvalue weighted by molar-refractivity contribution is 0.0747. The minimum Gasteiger partial charge on any atom is -0.481 e. The Hall–Kier alpha value is -3.19. The molecule has 0 fully saturated rings. The molecule has 1 unspecified atom stereocenters. The van der Waals surface area contributed by atoms with Crippen molar-refractivity contribution in [3.05, 3.63) is 94.9 Å². The first-order valence-electron chi connectivity index (χ1n) is 9.53. The lowest BCUT2D eigenvalue weighted by atomic mass is 10.1. The number of nitrogens with zero attached hydrogens (tertiary/aromatic N) is 3. The highest BCUT2D eigenvalue weighted by molar-refractivity contribution is 8.14. The molecule has 1 aliphatic heterocycles. The molecule has 5 nitrogen and oxygen atoms in total. The summed E-state index contributed by atoms with van der Waals surface area (Å²) < 4.78 is 18.8. The van der Waals surface area contributed by atoms with Crippen LogP contribution in [0, 0.1) is 5.82 Å². The van der Waals surface area contributed by atoms with Gasteiger partial charge in [-0.3, -0.25) is 4.79 Å². The number of halogens is 1. The summed E-state index contributed by atoms with van der Waals surface area (Å²) in [6.45, 7) is 2.07. The van der Waals surface area contributed by atoms with E-state index < -0.39 is 5.37 Å². The number of hydrazone groups is 1. The summed E-state index contributed by atoms with van der Waals surface area (Å²) in [7, 11) is 1.54. The van der Waals surface area contributed by atoms with Gasteiger partial charge in [0.1, 0.15) is 16.2 Å². The first-order chi connectivity index (χ1) is 14.6. The lowest BCUT2D eigenvalue weighted by Gasteiger charge is -2.22. The van der Waals surface area contributed by atoms with E-state index >= 15 is 0 Å². The van der Waals surface area contributed by atoms with E-state index in [1.54, 1.807) is 31.5 Å². The van der Waals surface area contributed by atoms with E-state index in [0.29, 0.717) is 16.5 Å². The van der Waals surface area contributed by atoms with E-state index in [2.05, 4.69) is 17.0 Å². The molecule has 0 saturated heterocycles. The molecule has 7 heteroatoms. The highest BCUT2D eigenvalue weighted by Crippen LogP contribution is 2.44. The number of carbonyl (C=O) groups is 1. The van der Waals surface area contributed by atoms with Crippen LogP contribution >= 0.6 is 11.8 Å². The minimum atomic E-state index is -0.452. The number of pyridine rings is 1. The Morgan fingerprint density at radius 2 is 1.87 bits per heavy atom. The summed E-state index contributed by atoms with van der Waals surface area (Å²) >= 11 is 1.40. The number of carbonyl (C=O) groups excluding carboxylic acids is 1. The first-order valence-corrected chi connectivity index (χ1v) is 10.4. The second kappa shape index (κ2) is 8.67. The van der Waals surface area contributed by atoms with Crippen molar-refractivity contribution in [3.63, 3.8) is 0 Å². The molecule has 0 bridgehead atoms. The molecule has 0 radical (unpaired) electrons. The van der Waals surface area contributed by atoms with Crippen LogP contribution in [-0.2, 0) is 6.42 Å². The number of thioether (sulfide) groups is 1. The number of rotatable bonds is 5. The number of aromatic nitrogens is 1. The maximum Gasteiger partial charge on any atom is 0.275 e. The largest absolute Gasteiger partial charge is 0.481 e. The van der Waals surface area contributed by atoms with Crippen LogP contribution in [0.3, 0.4) is 0 Å². The van der Waals surface area contributed by atoms with Crippen molar-refractivity contribution in [2.45, 2.75) is 18.7 Å². The zero-order valence-corrected chi connectivity index (χ0v) is 17.4. The Morgan fingerprint density at radius 3 is 2.53 bits per heavy atom. The van der Waals surface area contributed by atoms with Crippen LogP contribution in [0.5, 0.6) is 5.88 Å². The highest BCUT2D eigenvalue weighted by atomic mass is 32.2. The Labute approximate surface area is 178 Å². The molecule has 2 heterocycles. The topological polar surface area (TPSA) is 54.8 Å². The minimum absolute atomic E-state index is 0.224. The Morgan fingerprint density at radius 1 is 1.13 bits per heavy atom. The third-order valence-electron chi connectivity index (χ3n) is 4.81. The van der Waals surface area contributed by atoms with Gasteiger partial charge in [-0.25, -0.2) is 14.4 Å². The second-order valence-electron chi connectivity index (χ2n) is 6.68. The van der Waals surface area contributed by atoms with Gasteiger partial charge in [0.05, 0.1) is 7.11 Å². The van der Waals surface area contributed by atoms with Crippen LogP contribution in [0.4, 0.5) is 4.39 Å². The number of hydrogen-bond acceptors (Lipinski definition) is 5. The zero-order chi connectivity index (χ0) is 21.1. The van der Waals surface area contributed by atoms with Gasteiger partial charge in [-0.15, -0.1) is 0 Å². The van der Waals surface area contributed by atoms with Crippen LogP contribution in [0.2, 0.25) is 0 Å². The fourth-order valence-corrected chi connectivity index (χ4v) is 4.34. The molecule has 152 valence electrons. The number of methoxy groups -OCH3 is 1. The number of amides is 1. The van der Waals surface area contributed by atoms with Gasteiger partial charge in [0, 0.05) is 22.9 Å². The molecule has 0 spiro atoms. The number of benzene rings is 2. The molecule has 0 aliphatic carbocycles. The number of ether oxygens (including phenoxy) is 1. The molecule has 2 aromatic carbocycles. The van der Waals surface area contributed by atoms with E-state index in [9.17, 15) is 9.18 Å². The van der Waals surface area contributed by atoms with Crippen LogP contribution in [0.15, 0.2) is 72.0 Å². The zero-order valence-electron chi connectivity index (χ0n) is 16.6. The Kier molecular flexibility index (Phi) is 5.81. The predicted octanol–water partition coefficient (Wildman–Crippen LogP) is 5.04. The maximum absolute atomic E-state index is 13.4. The van der Waals surface area contributed by atoms with Crippen molar-refractivity contribution < 1.29 is 13.9 Å². The molecular weight excluding hydrogens is 401 g/mol. The van der Waals surface area contributed by atoms with Crippen molar-refractivity contribution in [1.82, 2.24) is 9.99 Å². The SMILES string of the molecule is CCc1ccc(C(=O)N2N=C(c3ccc(F)cc3)SC2c2cccnc2OC)cc1. The smallest absolute Gasteiger partial charge is 0.275 e. The van der Waals surface area contributed by atoms with Gasteiger partial charge in [0.15, 0.2) is 0 Å². The normalized spacial score (nSPS) is 15.8. The summed E-state index contributed by atoms with van der Waals surface area (Å²) in [5, 5.41) is 6.22. The monoisotopic (exact) mass is 421 g/mol. The van der Waals surface area contributed by atoms with E-state index in [4.69, 9.17) is 4.74 Å². The molecule has 1 amide bonds. The average molecular weight is 421 g/mol. The molecule has 0 saturated carbocycles. The van der Waals surface area contributed by atoms with Crippen LogP contribution in [0.1, 0.15) is 39.3 Å². The van der Waals surface area contributed by atoms with Crippen LogP contribution in [0.25, 0.3) is 0 Å². The molecule has 30 heavy (non-hydrogen) atoms. The number of aryl methyl sites for hydroxylation is 1. The first kappa shape index (κ1) is 20.1. The molecular formula is C23H20FN3O2S. The Bertz CT molecular complexity index is 1080. The summed E-state index contributed by atoms with van der Waals surface area (Å²) in [5.74, 6) is -0.111. The fraction of sp³-hybridized carbons (Fsp3) is 0.174. The number of hydrogen-bond donors (Lipinski definition) is 0. The van der Waals surface area contributed by atoms with Crippen LogP contribution < -0.4 is 4.74 Å². The third kappa shape index (κ3) is 3.93. The van der Waals surface area contributed by atoms with Crippen molar-refractivity contribution in [2.24, 2.45) is 5.10 Å². The van der Waals surface area contributed by atoms with Gasteiger partial charge >= 0.3 is 0 Å². The van der Waals surface area contributed by atoms with E-state index in [0.717, 1.165) is 23.1 Å². The van der Waals surface area contributed by atoms with Crippen molar-refractivity contribution >= 4 is 22.7 Å². The summed E-state index contributed by atoms with van der Waals surface area (Å²) in [4.78, 5) is 17.6. The second-order valence-corrected chi connectivity index (χ2v) is 7.75.